The van der Waals surface area contributed by atoms with Gasteiger partial charge in [0, 0.05) is 44.8 Å². The van der Waals surface area contributed by atoms with Gasteiger partial charge in [0.05, 0.1) is 0 Å². The number of fused-ring (bicyclic) bond motifs is 1. The van der Waals surface area contributed by atoms with Gasteiger partial charge in [-0.15, -0.1) is 0 Å². The van der Waals surface area contributed by atoms with Gasteiger partial charge in [-0.1, -0.05) is 18.2 Å². The summed E-state index contributed by atoms with van der Waals surface area (Å²) in [6.45, 7) is 7.19. The lowest BCUT2D eigenvalue weighted by Crippen LogP contribution is -2.48. The van der Waals surface area contributed by atoms with Crippen LogP contribution in [0.25, 0.3) is 0 Å². The van der Waals surface area contributed by atoms with Crippen molar-refractivity contribution in [3.8, 4) is 17.2 Å². The van der Waals surface area contributed by atoms with Crippen molar-refractivity contribution in [2.24, 2.45) is 0 Å². The summed E-state index contributed by atoms with van der Waals surface area (Å²) in [6.07, 6.45) is -0.577. The quantitative estimate of drug-likeness (QED) is 0.667. The lowest BCUT2D eigenvalue weighted by Gasteiger charge is -2.35. The third kappa shape index (κ3) is 5.30. The highest BCUT2D eigenvalue weighted by Gasteiger charge is 2.21. The molecule has 2 heterocycles. The summed E-state index contributed by atoms with van der Waals surface area (Å²) < 4.78 is 16.5. The van der Waals surface area contributed by atoms with Crippen molar-refractivity contribution in [3.05, 3.63) is 53.6 Å². The number of ether oxygens (including phenoxy) is 3. The highest BCUT2D eigenvalue weighted by molar-refractivity contribution is 5.94. The Morgan fingerprint density at radius 3 is 2.63 bits per heavy atom. The fourth-order valence-electron chi connectivity index (χ4n) is 3.78. The highest BCUT2D eigenvalue weighted by Crippen LogP contribution is 2.32. The maximum Gasteiger partial charge on any atom is 0.231 e. The van der Waals surface area contributed by atoms with E-state index in [2.05, 4.69) is 21.9 Å². The SMILES string of the molecule is CC(=O)c1cccc(OCC(O)CN2CCN(Cc3ccc4c(c3)OCO4)CC2)c1. The molecular formula is C23H28N2O5. The van der Waals surface area contributed by atoms with Gasteiger partial charge in [-0.25, -0.2) is 0 Å². The Labute approximate surface area is 176 Å². The number of rotatable bonds is 8. The van der Waals surface area contributed by atoms with Crippen LogP contribution in [0, 0.1) is 0 Å². The number of piperazine rings is 1. The topological polar surface area (TPSA) is 71.5 Å². The number of aliphatic hydroxyl groups is 1. The lowest BCUT2D eigenvalue weighted by molar-refractivity contribution is 0.0446. The number of β-amino-alcohol motifs (C(OH)–C–C–N with tert-alkyl or cyclic N) is 1. The number of aliphatic hydroxyl groups excluding tert-OH is 1. The third-order valence-electron chi connectivity index (χ3n) is 5.46. The van der Waals surface area contributed by atoms with Crippen LogP contribution >= 0.6 is 0 Å². The Balaban J connectivity index is 1.19. The van der Waals surface area contributed by atoms with Crippen molar-refractivity contribution < 1.29 is 24.1 Å². The molecule has 4 rings (SSSR count). The van der Waals surface area contributed by atoms with E-state index in [-0.39, 0.29) is 12.4 Å². The molecule has 0 amide bonds. The van der Waals surface area contributed by atoms with Gasteiger partial charge in [0.15, 0.2) is 17.3 Å². The average Bonchev–Trinajstić information content (AvgIpc) is 3.22. The van der Waals surface area contributed by atoms with E-state index in [0.29, 0.717) is 24.7 Å². The van der Waals surface area contributed by atoms with Gasteiger partial charge >= 0.3 is 0 Å². The number of hydrogen-bond acceptors (Lipinski definition) is 7. The summed E-state index contributed by atoms with van der Waals surface area (Å²) in [6, 6.07) is 13.2. The molecule has 0 aliphatic carbocycles. The van der Waals surface area contributed by atoms with E-state index < -0.39 is 6.10 Å². The van der Waals surface area contributed by atoms with Crippen LogP contribution in [0.5, 0.6) is 17.2 Å². The van der Waals surface area contributed by atoms with Crippen LogP contribution < -0.4 is 14.2 Å². The van der Waals surface area contributed by atoms with Crippen LogP contribution in [0.4, 0.5) is 0 Å². The van der Waals surface area contributed by atoms with Crippen LogP contribution in [0.15, 0.2) is 42.5 Å². The van der Waals surface area contributed by atoms with E-state index in [1.54, 1.807) is 24.3 Å². The van der Waals surface area contributed by atoms with E-state index in [9.17, 15) is 9.90 Å². The third-order valence-corrected chi connectivity index (χ3v) is 5.46. The molecule has 7 heteroatoms. The van der Waals surface area contributed by atoms with Crippen molar-refractivity contribution in [2.75, 3.05) is 46.1 Å². The molecule has 2 aliphatic heterocycles. The fraction of sp³-hybridized carbons (Fsp3) is 0.435. The van der Waals surface area contributed by atoms with E-state index in [1.807, 2.05) is 6.07 Å². The number of hydrogen-bond donors (Lipinski definition) is 1. The molecule has 2 aromatic carbocycles. The minimum Gasteiger partial charge on any atom is -0.491 e. The van der Waals surface area contributed by atoms with Gasteiger partial charge in [-0.2, -0.15) is 0 Å². The predicted molar refractivity (Wildman–Crippen MR) is 112 cm³/mol. The normalized spacial score (nSPS) is 17.7. The number of Topliss-reactive ketones (excluding diaryl/α,β-unsaturated/α-hetero) is 1. The molecule has 0 radical (unpaired) electrons. The van der Waals surface area contributed by atoms with Gasteiger partial charge in [0.25, 0.3) is 0 Å². The van der Waals surface area contributed by atoms with Crippen molar-refractivity contribution in [3.63, 3.8) is 0 Å². The zero-order chi connectivity index (χ0) is 20.9. The summed E-state index contributed by atoms with van der Waals surface area (Å²) in [4.78, 5) is 16.1. The molecular weight excluding hydrogens is 384 g/mol. The Kier molecular flexibility index (Phi) is 6.52. The van der Waals surface area contributed by atoms with Crippen LogP contribution in [0.2, 0.25) is 0 Å². The zero-order valence-electron chi connectivity index (χ0n) is 17.3. The highest BCUT2D eigenvalue weighted by atomic mass is 16.7. The van der Waals surface area contributed by atoms with E-state index in [0.717, 1.165) is 44.2 Å². The average molecular weight is 412 g/mol. The predicted octanol–water partition coefficient (Wildman–Crippen LogP) is 2.18. The Bertz CT molecular complexity index is 880. The summed E-state index contributed by atoms with van der Waals surface area (Å²) in [5, 5.41) is 10.4. The summed E-state index contributed by atoms with van der Waals surface area (Å²) in [7, 11) is 0. The summed E-state index contributed by atoms with van der Waals surface area (Å²) in [5.74, 6) is 2.24. The van der Waals surface area contributed by atoms with E-state index in [4.69, 9.17) is 14.2 Å². The number of carbonyl (C=O) groups excluding carboxylic acids is 1. The molecule has 2 aromatic rings. The lowest BCUT2D eigenvalue weighted by atomic mass is 10.1. The first kappa shape index (κ1) is 20.7. The fourth-order valence-corrected chi connectivity index (χ4v) is 3.78. The van der Waals surface area contributed by atoms with Gasteiger partial charge in [-0.3, -0.25) is 14.6 Å². The first-order valence-corrected chi connectivity index (χ1v) is 10.3. The van der Waals surface area contributed by atoms with Crippen molar-refractivity contribution in [1.29, 1.82) is 0 Å². The van der Waals surface area contributed by atoms with Crippen LogP contribution in [0.1, 0.15) is 22.8 Å². The van der Waals surface area contributed by atoms with Crippen molar-refractivity contribution in [2.45, 2.75) is 19.6 Å². The first-order valence-electron chi connectivity index (χ1n) is 10.3. The Morgan fingerprint density at radius 1 is 1.07 bits per heavy atom. The maximum atomic E-state index is 11.5. The number of benzene rings is 2. The van der Waals surface area contributed by atoms with E-state index in [1.165, 1.54) is 12.5 Å². The monoisotopic (exact) mass is 412 g/mol. The van der Waals surface area contributed by atoms with E-state index >= 15 is 0 Å². The molecule has 1 unspecified atom stereocenters. The van der Waals surface area contributed by atoms with Gasteiger partial charge < -0.3 is 19.3 Å². The van der Waals surface area contributed by atoms with Crippen LogP contribution in [0.3, 0.4) is 0 Å². The number of ketones is 1. The molecule has 0 saturated carbocycles. The second-order valence-electron chi connectivity index (χ2n) is 7.81. The zero-order valence-corrected chi connectivity index (χ0v) is 17.3. The molecule has 0 aromatic heterocycles. The van der Waals surface area contributed by atoms with Crippen LogP contribution in [-0.2, 0) is 6.54 Å². The largest absolute Gasteiger partial charge is 0.491 e. The van der Waals surface area contributed by atoms with Crippen molar-refractivity contribution in [1.82, 2.24) is 9.80 Å². The number of carbonyl (C=O) groups is 1. The molecule has 2 aliphatic rings. The molecule has 1 N–H and O–H groups in total. The van der Waals surface area contributed by atoms with Crippen LogP contribution in [-0.4, -0.2) is 72.9 Å². The summed E-state index contributed by atoms with van der Waals surface area (Å²) in [5.41, 5.74) is 1.83. The van der Waals surface area contributed by atoms with Crippen molar-refractivity contribution >= 4 is 5.78 Å². The molecule has 0 spiro atoms. The molecule has 1 atom stereocenters. The van der Waals surface area contributed by atoms with Gasteiger partial charge in [-0.05, 0) is 36.8 Å². The van der Waals surface area contributed by atoms with Gasteiger partial charge in [0.2, 0.25) is 6.79 Å². The minimum atomic E-state index is -0.577. The standard InChI is InChI=1S/C23H28N2O5/c1-17(26)19-3-2-4-21(12-19)28-15-20(27)14-25-9-7-24(8-10-25)13-18-5-6-22-23(11-18)30-16-29-22/h2-6,11-12,20,27H,7-10,13-16H2,1H3. The maximum absolute atomic E-state index is 11.5. The second kappa shape index (κ2) is 9.47. The molecule has 7 nitrogen and oxygen atoms in total. The smallest absolute Gasteiger partial charge is 0.231 e. The molecule has 30 heavy (non-hydrogen) atoms. The Morgan fingerprint density at radius 2 is 1.83 bits per heavy atom. The second-order valence-corrected chi connectivity index (χ2v) is 7.81. The minimum absolute atomic E-state index is 0.000354. The molecule has 0 bridgehead atoms. The summed E-state index contributed by atoms with van der Waals surface area (Å²) >= 11 is 0. The van der Waals surface area contributed by atoms with Gasteiger partial charge in [0.1, 0.15) is 18.5 Å². The first-order chi connectivity index (χ1) is 14.6. The molecule has 1 saturated heterocycles. The Hall–Kier alpha value is -2.61. The molecule has 160 valence electrons. The number of nitrogens with zero attached hydrogens (tertiary/aromatic N) is 2. The molecule has 1 fully saturated rings.